The van der Waals surface area contributed by atoms with Gasteiger partial charge >= 0.3 is 0 Å². The van der Waals surface area contributed by atoms with Gasteiger partial charge in [0.2, 0.25) is 0 Å². The molecule has 1 fully saturated rings. The van der Waals surface area contributed by atoms with E-state index in [0.29, 0.717) is 18.7 Å². The molecule has 0 aromatic heterocycles. The van der Waals surface area contributed by atoms with E-state index in [9.17, 15) is 4.79 Å². The molecule has 4 heteroatoms. The van der Waals surface area contributed by atoms with Crippen molar-refractivity contribution < 1.29 is 9.53 Å². The predicted octanol–water partition coefficient (Wildman–Crippen LogP) is 3.79. The number of aryl methyl sites for hydroxylation is 1. The third-order valence-corrected chi connectivity index (χ3v) is 4.59. The summed E-state index contributed by atoms with van der Waals surface area (Å²) >= 11 is 0. The van der Waals surface area contributed by atoms with Crippen molar-refractivity contribution in [2.75, 3.05) is 31.1 Å². The molecule has 0 atom stereocenters. The van der Waals surface area contributed by atoms with Crippen LogP contribution in [-0.4, -0.2) is 32.1 Å². The van der Waals surface area contributed by atoms with Gasteiger partial charge in [-0.15, -0.1) is 0 Å². The van der Waals surface area contributed by atoms with Gasteiger partial charge in [-0.2, -0.15) is 0 Å². The molecule has 2 aromatic carbocycles. The van der Waals surface area contributed by atoms with E-state index in [-0.39, 0.29) is 5.91 Å². The zero-order valence-corrected chi connectivity index (χ0v) is 14.8. The lowest BCUT2D eigenvalue weighted by Crippen LogP contribution is -2.30. The Morgan fingerprint density at radius 3 is 2.48 bits per heavy atom. The minimum Gasteiger partial charge on any atom is -0.491 e. The Balaban J connectivity index is 1.45. The van der Waals surface area contributed by atoms with E-state index in [2.05, 4.69) is 10.2 Å². The van der Waals surface area contributed by atoms with Crippen molar-refractivity contribution in [3.8, 4) is 5.75 Å². The van der Waals surface area contributed by atoms with Crippen molar-refractivity contribution in [3.05, 3.63) is 59.7 Å². The van der Waals surface area contributed by atoms with Crippen molar-refractivity contribution in [3.63, 3.8) is 0 Å². The molecular weight excluding hydrogens is 312 g/mol. The Bertz CT molecular complexity index is 691. The van der Waals surface area contributed by atoms with Crippen molar-refractivity contribution in [2.45, 2.75) is 26.2 Å². The largest absolute Gasteiger partial charge is 0.491 e. The Morgan fingerprint density at radius 1 is 1.04 bits per heavy atom. The van der Waals surface area contributed by atoms with Crippen LogP contribution in [0.4, 0.5) is 5.69 Å². The molecule has 1 aliphatic rings. The average molecular weight is 338 g/mol. The number of carbonyl (C=O) groups is 1. The minimum atomic E-state index is -0.0569. The van der Waals surface area contributed by atoms with Crippen LogP contribution in [-0.2, 0) is 0 Å². The molecule has 1 N–H and O–H groups in total. The molecule has 2 aromatic rings. The molecule has 1 saturated heterocycles. The summed E-state index contributed by atoms with van der Waals surface area (Å²) < 4.78 is 5.70. The zero-order valence-electron chi connectivity index (χ0n) is 14.8. The first-order chi connectivity index (χ1) is 12.2. The number of nitrogens with zero attached hydrogens (tertiary/aromatic N) is 1. The molecule has 3 rings (SSSR count). The number of anilines is 1. The standard InChI is InChI=1S/C21H26N2O2/c1-17-7-3-4-8-20(17)25-16-13-22-21(24)18-9-11-19(12-10-18)23-14-5-2-6-15-23/h3-4,7-12H,2,5-6,13-16H2,1H3,(H,22,24). The number of carbonyl (C=O) groups excluding carboxylic acids is 1. The second kappa shape index (κ2) is 8.56. The fraction of sp³-hybridized carbons (Fsp3) is 0.381. The van der Waals surface area contributed by atoms with Crippen LogP contribution in [0, 0.1) is 6.92 Å². The molecule has 25 heavy (non-hydrogen) atoms. The second-order valence-corrected chi connectivity index (χ2v) is 6.46. The summed E-state index contributed by atoms with van der Waals surface area (Å²) in [6, 6.07) is 15.8. The maximum Gasteiger partial charge on any atom is 0.251 e. The summed E-state index contributed by atoms with van der Waals surface area (Å²) in [5.74, 6) is 0.807. The van der Waals surface area contributed by atoms with Crippen molar-refractivity contribution in [1.29, 1.82) is 0 Å². The maximum atomic E-state index is 12.2. The topological polar surface area (TPSA) is 41.6 Å². The van der Waals surface area contributed by atoms with E-state index in [1.54, 1.807) is 0 Å². The van der Waals surface area contributed by atoms with Gasteiger partial charge < -0.3 is 15.0 Å². The summed E-state index contributed by atoms with van der Waals surface area (Å²) in [7, 11) is 0. The van der Waals surface area contributed by atoms with Gasteiger partial charge in [-0.05, 0) is 62.1 Å². The highest BCUT2D eigenvalue weighted by Crippen LogP contribution is 2.20. The van der Waals surface area contributed by atoms with Gasteiger partial charge in [-0.3, -0.25) is 4.79 Å². The van der Waals surface area contributed by atoms with Gasteiger partial charge in [0.25, 0.3) is 5.91 Å². The van der Waals surface area contributed by atoms with Gasteiger partial charge in [0.05, 0.1) is 6.54 Å². The van der Waals surface area contributed by atoms with Crippen molar-refractivity contribution in [1.82, 2.24) is 5.32 Å². The lowest BCUT2D eigenvalue weighted by molar-refractivity contribution is 0.0947. The molecule has 1 aliphatic heterocycles. The Hall–Kier alpha value is -2.49. The molecule has 0 spiro atoms. The Labute approximate surface area is 149 Å². The molecule has 132 valence electrons. The Kier molecular flexibility index (Phi) is 5.94. The van der Waals surface area contributed by atoms with Crippen LogP contribution in [0.15, 0.2) is 48.5 Å². The zero-order chi connectivity index (χ0) is 17.5. The van der Waals surface area contributed by atoms with Gasteiger partial charge in [0.15, 0.2) is 0 Å². The van der Waals surface area contributed by atoms with Crippen LogP contribution in [0.2, 0.25) is 0 Å². The molecule has 1 heterocycles. The van der Waals surface area contributed by atoms with Gasteiger partial charge in [-0.1, -0.05) is 18.2 Å². The summed E-state index contributed by atoms with van der Waals surface area (Å²) in [5, 5.41) is 2.91. The van der Waals surface area contributed by atoms with Crippen LogP contribution >= 0.6 is 0 Å². The normalized spacial score (nSPS) is 14.2. The van der Waals surface area contributed by atoms with Gasteiger partial charge in [0.1, 0.15) is 12.4 Å². The van der Waals surface area contributed by atoms with E-state index in [1.165, 1.54) is 24.9 Å². The molecule has 0 radical (unpaired) electrons. The first-order valence-corrected chi connectivity index (χ1v) is 9.06. The third kappa shape index (κ3) is 4.75. The number of hydrogen-bond acceptors (Lipinski definition) is 3. The maximum absolute atomic E-state index is 12.2. The quantitative estimate of drug-likeness (QED) is 0.815. The molecular formula is C21H26N2O2. The lowest BCUT2D eigenvalue weighted by Gasteiger charge is -2.28. The van der Waals surface area contributed by atoms with Gasteiger partial charge in [-0.25, -0.2) is 0 Å². The first kappa shape index (κ1) is 17.3. The fourth-order valence-corrected chi connectivity index (χ4v) is 3.12. The molecule has 0 saturated carbocycles. The van der Waals surface area contributed by atoms with Crippen molar-refractivity contribution >= 4 is 11.6 Å². The van der Waals surface area contributed by atoms with Crippen LogP contribution in [0.25, 0.3) is 0 Å². The number of hydrogen-bond donors (Lipinski definition) is 1. The van der Waals surface area contributed by atoms with E-state index in [0.717, 1.165) is 24.4 Å². The van der Waals surface area contributed by atoms with Gasteiger partial charge in [0, 0.05) is 24.3 Å². The Morgan fingerprint density at radius 2 is 1.76 bits per heavy atom. The third-order valence-electron chi connectivity index (χ3n) is 4.59. The number of benzene rings is 2. The molecule has 4 nitrogen and oxygen atoms in total. The van der Waals surface area contributed by atoms with E-state index < -0.39 is 0 Å². The van der Waals surface area contributed by atoms with E-state index in [4.69, 9.17) is 4.74 Å². The molecule has 1 amide bonds. The SMILES string of the molecule is Cc1ccccc1OCCNC(=O)c1ccc(N2CCCCC2)cc1. The number of nitrogens with one attached hydrogen (secondary N) is 1. The monoisotopic (exact) mass is 338 g/mol. The fourth-order valence-electron chi connectivity index (χ4n) is 3.12. The summed E-state index contributed by atoms with van der Waals surface area (Å²) in [6.45, 7) is 5.19. The highest BCUT2D eigenvalue weighted by Gasteiger charge is 2.12. The average Bonchev–Trinajstić information content (AvgIpc) is 2.67. The summed E-state index contributed by atoms with van der Waals surface area (Å²) in [4.78, 5) is 14.6. The molecule has 0 bridgehead atoms. The minimum absolute atomic E-state index is 0.0569. The van der Waals surface area contributed by atoms with Crippen LogP contribution < -0.4 is 15.0 Å². The smallest absolute Gasteiger partial charge is 0.251 e. The molecule has 0 aliphatic carbocycles. The van der Waals surface area contributed by atoms with Crippen molar-refractivity contribution in [2.24, 2.45) is 0 Å². The van der Waals surface area contributed by atoms with Crippen LogP contribution in [0.3, 0.4) is 0 Å². The van der Waals surface area contributed by atoms with E-state index in [1.807, 2.05) is 55.5 Å². The second-order valence-electron chi connectivity index (χ2n) is 6.46. The van der Waals surface area contributed by atoms with E-state index >= 15 is 0 Å². The van der Waals surface area contributed by atoms with Crippen LogP contribution in [0.5, 0.6) is 5.75 Å². The first-order valence-electron chi connectivity index (χ1n) is 9.06. The lowest BCUT2D eigenvalue weighted by atomic mass is 10.1. The molecule has 0 unspecified atom stereocenters. The number of ether oxygens (including phenoxy) is 1. The number of amides is 1. The number of para-hydroxylation sites is 1. The summed E-state index contributed by atoms with van der Waals surface area (Å²) in [6.07, 6.45) is 3.83. The number of rotatable bonds is 6. The van der Waals surface area contributed by atoms with Crippen LogP contribution in [0.1, 0.15) is 35.2 Å². The number of piperidine rings is 1. The summed E-state index contributed by atoms with van der Waals surface area (Å²) in [5.41, 5.74) is 3.00. The highest BCUT2D eigenvalue weighted by molar-refractivity contribution is 5.94. The highest BCUT2D eigenvalue weighted by atomic mass is 16.5. The predicted molar refractivity (Wildman–Crippen MR) is 102 cm³/mol.